The number of methoxy groups -OCH3 is 1. The van der Waals surface area contributed by atoms with E-state index in [-0.39, 0.29) is 19.0 Å². The first-order valence-corrected chi connectivity index (χ1v) is 12.9. The Hall–Kier alpha value is -3.08. The predicted molar refractivity (Wildman–Crippen MR) is 139 cm³/mol. The summed E-state index contributed by atoms with van der Waals surface area (Å²) in [6, 6.07) is 8.08. The second-order valence-electron chi connectivity index (χ2n) is 7.92. The molecule has 2 aliphatic rings. The summed E-state index contributed by atoms with van der Waals surface area (Å²) in [7, 11) is 1.57. The summed E-state index contributed by atoms with van der Waals surface area (Å²) < 4.78 is 24.1. The Labute approximate surface area is 223 Å². The molecule has 3 heterocycles. The van der Waals surface area contributed by atoms with Crippen molar-refractivity contribution in [2.24, 2.45) is 4.99 Å². The Morgan fingerprint density at radius 3 is 2.75 bits per heavy atom. The lowest BCUT2D eigenvalue weighted by Gasteiger charge is -2.25. The maximum Gasteiger partial charge on any atom is 0.338 e. The summed E-state index contributed by atoms with van der Waals surface area (Å²) in [5, 5.41) is 0.420. The minimum Gasteiger partial charge on any atom is -0.496 e. The molecular weight excluding hydrogens is 572 g/mol. The molecule has 11 heteroatoms. The van der Waals surface area contributed by atoms with Gasteiger partial charge in [-0.15, -0.1) is 0 Å². The Balaban J connectivity index is 1.72. The van der Waals surface area contributed by atoms with Crippen LogP contribution in [0.1, 0.15) is 31.0 Å². The standard InChI is InChI=1S/C25H20BrClN2O6S/c1-4-33-24(31)21-12(2)28-25-29(22(21)13-5-6-17(32-3)15(26)7-13)23(30)20(36-25)9-14-8-18-19(10-16(14)27)35-11-34-18/h5-10,22H,4,11H2,1-3H3/b20-9+/t22-/m1/s1. The molecule has 0 aliphatic carbocycles. The van der Waals surface area contributed by atoms with E-state index in [9.17, 15) is 9.59 Å². The number of hydrogen-bond acceptors (Lipinski definition) is 8. The highest BCUT2D eigenvalue weighted by atomic mass is 79.9. The largest absolute Gasteiger partial charge is 0.496 e. The zero-order chi connectivity index (χ0) is 25.6. The molecule has 2 aliphatic heterocycles. The van der Waals surface area contributed by atoms with Crippen molar-refractivity contribution in [3.05, 3.63) is 81.9 Å². The number of nitrogens with zero attached hydrogens (tertiary/aromatic N) is 2. The van der Waals surface area contributed by atoms with Crippen molar-refractivity contribution in [2.45, 2.75) is 19.9 Å². The molecule has 1 aromatic heterocycles. The number of benzene rings is 2. The number of thiazole rings is 1. The number of fused-ring (bicyclic) bond motifs is 2. The Kier molecular flexibility index (Phi) is 6.67. The number of hydrogen-bond donors (Lipinski definition) is 0. The van der Waals surface area contributed by atoms with Crippen LogP contribution in [0.4, 0.5) is 0 Å². The maximum absolute atomic E-state index is 13.8. The van der Waals surface area contributed by atoms with Crippen molar-refractivity contribution in [3.8, 4) is 17.2 Å². The lowest BCUT2D eigenvalue weighted by atomic mass is 9.96. The molecule has 0 saturated heterocycles. The van der Waals surface area contributed by atoms with Crippen LogP contribution in [0.5, 0.6) is 17.2 Å². The van der Waals surface area contributed by atoms with E-state index >= 15 is 0 Å². The van der Waals surface area contributed by atoms with Gasteiger partial charge in [0.15, 0.2) is 16.3 Å². The summed E-state index contributed by atoms with van der Waals surface area (Å²) in [4.78, 5) is 31.8. The van der Waals surface area contributed by atoms with Crippen molar-refractivity contribution in [3.63, 3.8) is 0 Å². The zero-order valence-electron chi connectivity index (χ0n) is 19.5. The van der Waals surface area contributed by atoms with Crippen LogP contribution in [0.2, 0.25) is 5.02 Å². The zero-order valence-corrected chi connectivity index (χ0v) is 22.6. The summed E-state index contributed by atoms with van der Waals surface area (Å²) >= 11 is 11.2. The molecule has 186 valence electrons. The number of allylic oxidation sites excluding steroid dienone is 1. The number of carbonyl (C=O) groups is 1. The molecule has 0 amide bonds. The molecule has 0 N–H and O–H groups in total. The topological polar surface area (TPSA) is 88.4 Å². The van der Waals surface area contributed by atoms with Gasteiger partial charge >= 0.3 is 5.97 Å². The third-order valence-corrected chi connectivity index (χ3v) is 7.72. The number of halogens is 2. The fourth-order valence-corrected chi connectivity index (χ4v) is 5.95. The molecule has 0 unspecified atom stereocenters. The molecular formula is C25H20BrClN2O6S. The molecule has 0 radical (unpaired) electrons. The van der Waals surface area contributed by atoms with Crippen LogP contribution in [0.3, 0.4) is 0 Å². The summed E-state index contributed by atoms with van der Waals surface area (Å²) in [5.74, 6) is 1.21. The summed E-state index contributed by atoms with van der Waals surface area (Å²) in [6.07, 6.45) is 1.69. The van der Waals surface area contributed by atoms with Crippen LogP contribution >= 0.6 is 38.9 Å². The van der Waals surface area contributed by atoms with Crippen molar-refractivity contribution in [1.82, 2.24) is 4.57 Å². The van der Waals surface area contributed by atoms with Gasteiger partial charge in [-0.2, -0.15) is 0 Å². The van der Waals surface area contributed by atoms with Gasteiger partial charge < -0.3 is 18.9 Å². The minimum absolute atomic E-state index is 0.116. The molecule has 3 aromatic rings. The van der Waals surface area contributed by atoms with Crippen LogP contribution in [0.25, 0.3) is 6.08 Å². The third kappa shape index (κ3) is 4.23. The van der Waals surface area contributed by atoms with Crippen LogP contribution in [0, 0.1) is 0 Å². The highest BCUT2D eigenvalue weighted by molar-refractivity contribution is 9.10. The first-order valence-electron chi connectivity index (χ1n) is 10.9. The van der Waals surface area contributed by atoms with Crippen LogP contribution in [-0.2, 0) is 9.53 Å². The lowest BCUT2D eigenvalue weighted by Crippen LogP contribution is -2.40. The van der Waals surface area contributed by atoms with Gasteiger partial charge in [0.05, 0.1) is 45.1 Å². The summed E-state index contributed by atoms with van der Waals surface area (Å²) in [6.45, 7) is 3.78. The third-order valence-electron chi connectivity index (χ3n) is 5.79. The lowest BCUT2D eigenvalue weighted by molar-refractivity contribution is -0.139. The maximum atomic E-state index is 13.8. The average molecular weight is 592 g/mol. The second kappa shape index (κ2) is 9.76. The van der Waals surface area contributed by atoms with Gasteiger partial charge in [-0.3, -0.25) is 9.36 Å². The van der Waals surface area contributed by atoms with E-state index in [0.717, 1.165) is 0 Å². The van der Waals surface area contributed by atoms with Gasteiger partial charge in [0, 0.05) is 6.07 Å². The van der Waals surface area contributed by atoms with Gasteiger partial charge in [-0.05, 0) is 65.2 Å². The second-order valence-corrected chi connectivity index (χ2v) is 10.2. The number of ether oxygens (including phenoxy) is 4. The van der Waals surface area contributed by atoms with Gasteiger partial charge in [-0.1, -0.05) is 29.0 Å². The summed E-state index contributed by atoms with van der Waals surface area (Å²) in [5.41, 5.74) is 1.79. The Morgan fingerprint density at radius 1 is 1.31 bits per heavy atom. The van der Waals surface area contributed by atoms with Gasteiger partial charge in [0.1, 0.15) is 5.75 Å². The molecule has 2 aromatic carbocycles. The van der Waals surface area contributed by atoms with Crippen molar-refractivity contribution in [2.75, 3.05) is 20.5 Å². The van der Waals surface area contributed by atoms with Crippen molar-refractivity contribution in [1.29, 1.82) is 0 Å². The van der Waals surface area contributed by atoms with E-state index in [1.165, 1.54) is 15.9 Å². The SMILES string of the molecule is CCOC(=O)C1=C(C)N=c2s/c(=C/c3cc4c(cc3Cl)OCO4)c(=O)n2[C@@H]1c1ccc(OC)c(Br)c1. The predicted octanol–water partition coefficient (Wildman–Crippen LogP) is 3.95. The van der Waals surface area contributed by atoms with E-state index in [1.54, 1.807) is 45.2 Å². The smallest absolute Gasteiger partial charge is 0.338 e. The van der Waals surface area contributed by atoms with Gasteiger partial charge in [-0.25, -0.2) is 9.79 Å². The van der Waals surface area contributed by atoms with E-state index in [2.05, 4.69) is 20.9 Å². The van der Waals surface area contributed by atoms with E-state index in [4.69, 9.17) is 30.5 Å². The molecule has 5 rings (SSSR count). The first-order chi connectivity index (χ1) is 17.3. The highest BCUT2D eigenvalue weighted by Crippen LogP contribution is 2.37. The fourth-order valence-electron chi connectivity index (χ4n) is 4.14. The molecule has 8 nitrogen and oxygen atoms in total. The molecule has 1 atom stereocenters. The number of rotatable bonds is 5. The highest BCUT2D eigenvalue weighted by Gasteiger charge is 2.33. The monoisotopic (exact) mass is 590 g/mol. The fraction of sp³-hybridized carbons (Fsp3) is 0.240. The molecule has 36 heavy (non-hydrogen) atoms. The number of esters is 1. The first kappa shape index (κ1) is 24.6. The molecule has 0 saturated carbocycles. The molecule has 0 bridgehead atoms. The molecule has 0 fully saturated rings. The number of aromatic nitrogens is 1. The Bertz CT molecular complexity index is 1610. The van der Waals surface area contributed by atoms with Crippen molar-refractivity contribution < 1.29 is 23.7 Å². The van der Waals surface area contributed by atoms with Gasteiger partial charge in [0.25, 0.3) is 5.56 Å². The number of carbonyl (C=O) groups excluding carboxylic acids is 1. The van der Waals surface area contributed by atoms with Crippen molar-refractivity contribution >= 4 is 50.9 Å². The Morgan fingerprint density at radius 2 is 2.06 bits per heavy atom. The van der Waals surface area contributed by atoms with Crippen LogP contribution in [0.15, 0.2) is 55.9 Å². The van der Waals surface area contributed by atoms with E-state index in [1.807, 2.05) is 12.1 Å². The van der Waals surface area contributed by atoms with E-state index < -0.39 is 12.0 Å². The minimum atomic E-state index is -0.739. The average Bonchev–Trinajstić information content (AvgIpc) is 3.42. The normalized spacial score (nSPS) is 16.6. The quantitative estimate of drug-likeness (QED) is 0.418. The van der Waals surface area contributed by atoms with Gasteiger partial charge in [0.2, 0.25) is 6.79 Å². The van der Waals surface area contributed by atoms with Crippen LogP contribution < -0.4 is 29.1 Å². The molecule has 0 spiro atoms. The van der Waals surface area contributed by atoms with E-state index in [0.29, 0.717) is 58.5 Å². The van der Waals surface area contributed by atoms with Crippen LogP contribution in [-0.4, -0.2) is 31.0 Å².